The first-order chi connectivity index (χ1) is 12.8. The van der Waals surface area contributed by atoms with Crippen molar-refractivity contribution in [3.05, 3.63) is 30.1 Å². The van der Waals surface area contributed by atoms with Crippen LogP contribution in [-0.4, -0.2) is 52.1 Å². The lowest BCUT2D eigenvalue weighted by Gasteiger charge is -2.15. The summed E-state index contributed by atoms with van der Waals surface area (Å²) in [4.78, 5) is 30.9. The molecule has 0 radical (unpaired) electrons. The van der Waals surface area contributed by atoms with Crippen LogP contribution in [0, 0.1) is 0 Å². The smallest absolute Gasteiger partial charge is 0.369 e. The van der Waals surface area contributed by atoms with Crippen molar-refractivity contribution in [2.45, 2.75) is 31.6 Å². The number of hydroxylamine groups is 1. The third-order valence-electron chi connectivity index (χ3n) is 4.66. The van der Waals surface area contributed by atoms with E-state index >= 15 is 0 Å². The van der Waals surface area contributed by atoms with Gasteiger partial charge in [0, 0.05) is 44.0 Å². The first kappa shape index (κ1) is 16.8. The van der Waals surface area contributed by atoms with E-state index in [1.165, 1.54) is 18.5 Å². The molecule has 0 bridgehead atoms. The number of imidazole rings is 1. The van der Waals surface area contributed by atoms with Gasteiger partial charge >= 0.3 is 6.09 Å². The molecule has 0 aromatic carbocycles. The maximum Gasteiger partial charge on any atom is 0.428 e. The summed E-state index contributed by atoms with van der Waals surface area (Å²) in [5.74, 6) is 2.21. The average Bonchev–Trinajstić information content (AvgIpc) is 3.16. The highest BCUT2D eigenvalue weighted by atomic mass is 16.7. The fourth-order valence-electron chi connectivity index (χ4n) is 3.05. The molecule has 2 fully saturated rings. The summed E-state index contributed by atoms with van der Waals surface area (Å²) in [7, 11) is 0. The summed E-state index contributed by atoms with van der Waals surface area (Å²) in [6, 6.07) is 5.80. The number of likely N-dealkylation sites (tertiary alicyclic amines) is 1. The molecule has 1 saturated carbocycles. The molecule has 0 spiro atoms. The van der Waals surface area contributed by atoms with Crippen LogP contribution in [0.2, 0.25) is 0 Å². The summed E-state index contributed by atoms with van der Waals surface area (Å²) in [5.41, 5.74) is 4.71. The van der Waals surface area contributed by atoms with Crippen molar-refractivity contribution in [2.24, 2.45) is 0 Å². The maximum atomic E-state index is 11.7. The van der Waals surface area contributed by atoms with E-state index in [1.54, 1.807) is 4.90 Å². The van der Waals surface area contributed by atoms with E-state index in [1.807, 2.05) is 24.4 Å². The van der Waals surface area contributed by atoms with Crippen molar-refractivity contribution in [1.29, 1.82) is 0 Å². The van der Waals surface area contributed by atoms with E-state index < -0.39 is 0 Å². The van der Waals surface area contributed by atoms with Crippen molar-refractivity contribution in [2.75, 3.05) is 31.5 Å². The van der Waals surface area contributed by atoms with Crippen LogP contribution in [-0.2, 0) is 4.84 Å². The summed E-state index contributed by atoms with van der Waals surface area (Å²) in [6.45, 7) is 2.66. The van der Waals surface area contributed by atoms with Crippen LogP contribution >= 0.6 is 0 Å². The van der Waals surface area contributed by atoms with Gasteiger partial charge in [-0.15, -0.1) is 5.48 Å². The third kappa shape index (κ3) is 4.13. The summed E-state index contributed by atoms with van der Waals surface area (Å²) < 4.78 is 0. The molecular formula is C18H24N6O2. The molecule has 3 N–H and O–H groups in total. The van der Waals surface area contributed by atoms with Gasteiger partial charge < -0.3 is 20.0 Å². The van der Waals surface area contributed by atoms with Crippen molar-refractivity contribution >= 4 is 11.9 Å². The fourth-order valence-corrected chi connectivity index (χ4v) is 3.05. The van der Waals surface area contributed by atoms with E-state index in [2.05, 4.69) is 25.7 Å². The molecule has 0 atom stereocenters. The highest BCUT2D eigenvalue weighted by molar-refractivity contribution is 5.67. The molecule has 0 unspecified atom stereocenters. The van der Waals surface area contributed by atoms with Crippen LogP contribution in [0.3, 0.4) is 0 Å². The van der Waals surface area contributed by atoms with E-state index in [9.17, 15) is 4.79 Å². The Bertz CT molecular complexity index is 752. The van der Waals surface area contributed by atoms with Crippen molar-refractivity contribution in [1.82, 2.24) is 25.3 Å². The molecule has 138 valence electrons. The Kier molecular flexibility index (Phi) is 5.01. The summed E-state index contributed by atoms with van der Waals surface area (Å²) in [6.07, 6.45) is 6.20. The van der Waals surface area contributed by atoms with Gasteiger partial charge in [-0.3, -0.25) is 0 Å². The second-order valence-electron chi connectivity index (χ2n) is 6.75. The Labute approximate surface area is 152 Å². The first-order valence-corrected chi connectivity index (χ1v) is 9.24. The molecule has 2 aromatic rings. The van der Waals surface area contributed by atoms with Gasteiger partial charge in [-0.25, -0.2) is 14.8 Å². The zero-order valence-electron chi connectivity index (χ0n) is 14.7. The monoisotopic (exact) mass is 356 g/mol. The van der Waals surface area contributed by atoms with Gasteiger partial charge in [0.1, 0.15) is 11.5 Å². The largest absolute Gasteiger partial charge is 0.428 e. The number of aromatic nitrogens is 3. The van der Waals surface area contributed by atoms with Crippen LogP contribution < -0.4 is 10.8 Å². The zero-order chi connectivity index (χ0) is 17.8. The molecule has 2 aromatic heterocycles. The topological polar surface area (TPSA) is 95.2 Å². The molecule has 1 saturated heterocycles. The van der Waals surface area contributed by atoms with Crippen LogP contribution in [0.25, 0.3) is 11.5 Å². The number of nitrogens with one attached hydrogen (secondary N) is 3. The Balaban J connectivity index is 1.22. The molecule has 2 aliphatic rings. The van der Waals surface area contributed by atoms with Crippen molar-refractivity contribution in [3.63, 3.8) is 0 Å². The number of rotatable bonds is 7. The van der Waals surface area contributed by atoms with E-state index in [4.69, 9.17) is 4.84 Å². The number of nitrogens with zero attached hydrogens (tertiary/aromatic N) is 3. The van der Waals surface area contributed by atoms with Crippen LogP contribution in [0.15, 0.2) is 24.4 Å². The van der Waals surface area contributed by atoms with Gasteiger partial charge in [0.15, 0.2) is 5.82 Å². The second kappa shape index (κ2) is 7.74. The zero-order valence-corrected chi connectivity index (χ0v) is 14.7. The predicted octanol–water partition coefficient (Wildman–Crippen LogP) is 2.50. The molecule has 8 heteroatoms. The minimum atomic E-state index is -0.299. The lowest BCUT2D eigenvalue weighted by Crippen LogP contribution is -2.34. The normalized spacial score (nSPS) is 16.7. The number of carbonyl (C=O) groups is 1. The maximum absolute atomic E-state index is 11.7. The SMILES string of the molecule is O=C(ONCCNc1cccc(-c2ncc(C3CC3)[nH]2)n1)N1CCCC1. The lowest BCUT2D eigenvalue weighted by molar-refractivity contribution is 0.0627. The standard InChI is InChI=1S/C18H24N6O2/c25-18(24-10-1-2-11-24)26-21-9-8-19-16-5-3-4-14(22-16)17-20-12-15(23-17)13-6-7-13/h3-5,12-13,21H,1-2,6-11H2,(H,19,22)(H,20,23). The molecule has 26 heavy (non-hydrogen) atoms. The van der Waals surface area contributed by atoms with E-state index in [-0.39, 0.29) is 6.09 Å². The Morgan fingerprint density at radius 3 is 2.92 bits per heavy atom. The number of H-pyrrole nitrogens is 1. The number of hydrogen-bond acceptors (Lipinski definition) is 6. The van der Waals surface area contributed by atoms with Gasteiger partial charge in [-0.2, -0.15) is 0 Å². The highest BCUT2D eigenvalue weighted by Crippen LogP contribution is 2.39. The van der Waals surface area contributed by atoms with Crippen LogP contribution in [0.1, 0.15) is 37.3 Å². The average molecular weight is 356 g/mol. The van der Waals surface area contributed by atoms with Crippen molar-refractivity contribution in [3.8, 4) is 11.5 Å². The highest BCUT2D eigenvalue weighted by Gasteiger charge is 2.25. The number of carbonyl (C=O) groups excluding carboxylic acids is 1. The molecule has 8 nitrogen and oxygen atoms in total. The quantitative estimate of drug-likeness (QED) is 0.521. The molecule has 1 amide bonds. The molecule has 4 rings (SSSR count). The Morgan fingerprint density at radius 1 is 1.27 bits per heavy atom. The summed E-state index contributed by atoms with van der Waals surface area (Å²) in [5, 5.41) is 3.22. The van der Waals surface area contributed by atoms with Crippen molar-refractivity contribution < 1.29 is 9.63 Å². The van der Waals surface area contributed by atoms with Gasteiger partial charge in [0.05, 0.1) is 0 Å². The molecule has 3 heterocycles. The summed E-state index contributed by atoms with van der Waals surface area (Å²) >= 11 is 0. The van der Waals surface area contributed by atoms with E-state index in [0.717, 1.165) is 43.3 Å². The van der Waals surface area contributed by atoms with Gasteiger partial charge in [-0.05, 0) is 37.8 Å². The van der Waals surface area contributed by atoms with Crippen LogP contribution in [0.5, 0.6) is 0 Å². The number of aromatic amines is 1. The Hall–Kier alpha value is -2.61. The first-order valence-electron chi connectivity index (χ1n) is 9.24. The van der Waals surface area contributed by atoms with Gasteiger partial charge in [0.2, 0.25) is 0 Å². The minimum Gasteiger partial charge on any atom is -0.369 e. The number of hydrogen-bond donors (Lipinski definition) is 3. The molecule has 1 aliphatic carbocycles. The molecular weight excluding hydrogens is 332 g/mol. The van der Waals surface area contributed by atoms with Crippen LogP contribution in [0.4, 0.5) is 10.6 Å². The van der Waals surface area contributed by atoms with E-state index in [0.29, 0.717) is 19.0 Å². The number of anilines is 1. The second-order valence-corrected chi connectivity index (χ2v) is 6.75. The van der Waals surface area contributed by atoms with Gasteiger partial charge in [0.25, 0.3) is 0 Å². The predicted molar refractivity (Wildman–Crippen MR) is 97.6 cm³/mol. The fraction of sp³-hybridized carbons (Fsp3) is 0.500. The minimum absolute atomic E-state index is 0.299. The van der Waals surface area contributed by atoms with Gasteiger partial charge in [-0.1, -0.05) is 6.07 Å². The molecule has 1 aliphatic heterocycles. The Morgan fingerprint density at radius 2 is 2.12 bits per heavy atom. The lowest BCUT2D eigenvalue weighted by atomic mass is 10.3. The number of pyridine rings is 1. The third-order valence-corrected chi connectivity index (χ3v) is 4.66. The number of amides is 1.